The second-order valence-corrected chi connectivity index (χ2v) is 5.17. The smallest absolute Gasteiger partial charge is 0.235 e. The second-order valence-electron chi connectivity index (χ2n) is 5.17. The molecule has 0 aliphatic rings. The van der Waals surface area contributed by atoms with Crippen molar-refractivity contribution < 1.29 is 28.8 Å². The van der Waals surface area contributed by atoms with Crippen LogP contribution in [0, 0.1) is 0 Å². The van der Waals surface area contributed by atoms with Gasteiger partial charge in [0.15, 0.2) is 17.1 Å². The molecule has 2 aromatic carbocycles. The van der Waals surface area contributed by atoms with Crippen LogP contribution in [0.15, 0.2) is 39.5 Å². The summed E-state index contributed by atoms with van der Waals surface area (Å²) >= 11 is 0. The zero-order valence-corrected chi connectivity index (χ0v) is 13.8. The first-order valence-electron chi connectivity index (χ1n) is 7.30. The van der Waals surface area contributed by atoms with Gasteiger partial charge in [0, 0.05) is 6.07 Å². The summed E-state index contributed by atoms with van der Waals surface area (Å²) in [6.45, 7) is 0. The van der Waals surface area contributed by atoms with Gasteiger partial charge in [0.25, 0.3) is 0 Å². The Hall–Kier alpha value is -3.35. The molecule has 0 bridgehead atoms. The third kappa shape index (κ3) is 2.59. The molecule has 0 radical (unpaired) electrons. The van der Waals surface area contributed by atoms with Crippen molar-refractivity contribution in [2.75, 3.05) is 21.3 Å². The highest BCUT2D eigenvalue weighted by atomic mass is 16.5. The molecule has 0 saturated heterocycles. The van der Waals surface area contributed by atoms with E-state index >= 15 is 0 Å². The topological polar surface area (TPSA) is 98.4 Å². The van der Waals surface area contributed by atoms with E-state index in [2.05, 4.69) is 0 Å². The maximum Gasteiger partial charge on any atom is 0.235 e. The van der Waals surface area contributed by atoms with E-state index in [1.54, 1.807) is 12.1 Å². The molecule has 0 atom stereocenters. The highest BCUT2D eigenvalue weighted by molar-refractivity contribution is 5.89. The van der Waals surface area contributed by atoms with Crippen molar-refractivity contribution >= 4 is 11.0 Å². The van der Waals surface area contributed by atoms with Gasteiger partial charge in [0.1, 0.15) is 11.5 Å². The fraction of sp³-hybridized carbons (Fsp3) is 0.167. The van der Waals surface area contributed by atoms with Gasteiger partial charge in [0.05, 0.1) is 32.3 Å². The lowest BCUT2D eigenvalue weighted by Crippen LogP contribution is -2.04. The van der Waals surface area contributed by atoms with Gasteiger partial charge in [-0.25, -0.2) is 0 Å². The molecule has 2 N–H and O–H groups in total. The Morgan fingerprint density at radius 2 is 1.72 bits per heavy atom. The fourth-order valence-corrected chi connectivity index (χ4v) is 2.57. The second kappa shape index (κ2) is 6.27. The number of ether oxygens (including phenoxy) is 3. The van der Waals surface area contributed by atoms with E-state index in [1.807, 2.05) is 0 Å². The van der Waals surface area contributed by atoms with E-state index in [0.29, 0.717) is 11.5 Å². The molecule has 7 heteroatoms. The molecule has 1 heterocycles. The summed E-state index contributed by atoms with van der Waals surface area (Å²) in [6.07, 6.45) is 0. The number of hydrogen-bond donors (Lipinski definition) is 2. The molecule has 7 nitrogen and oxygen atoms in total. The van der Waals surface area contributed by atoms with Crippen LogP contribution in [0.4, 0.5) is 0 Å². The first kappa shape index (κ1) is 16.5. The molecule has 0 fully saturated rings. The maximum absolute atomic E-state index is 12.5. The number of aromatic hydroxyl groups is 2. The average molecular weight is 344 g/mol. The molecule has 3 aromatic rings. The molecular formula is C18H16O7. The van der Waals surface area contributed by atoms with Crippen LogP contribution in [0.5, 0.6) is 28.7 Å². The van der Waals surface area contributed by atoms with Crippen LogP contribution in [0.25, 0.3) is 22.3 Å². The number of fused-ring (bicyclic) bond motifs is 1. The molecule has 0 spiro atoms. The van der Waals surface area contributed by atoms with Crippen molar-refractivity contribution in [2.45, 2.75) is 0 Å². The predicted molar refractivity (Wildman–Crippen MR) is 90.9 cm³/mol. The summed E-state index contributed by atoms with van der Waals surface area (Å²) in [5, 5.41) is 20.6. The average Bonchev–Trinajstić information content (AvgIpc) is 2.63. The monoisotopic (exact) mass is 344 g/mol. The van der Waals surface area contributed by atoms with Crippen molar-refractivity contribution in [3.05, 3.63) is 40.6 Å². The SMILES string of the molecule is COc1ccc(-c2oc3c(OC)c(OC)ccc3c(=O)c2O)c(O)c1. The third-order valence-electron chi connectivity index (χ3n) is 3.83. The normalized spacial score (nSPS) is 10.7. The van der Waals surface area contributed by atoms with E-state index in [0.717, 1.165) is 0 Å². The lowest BCUT2D eigenvalue weighted by atomic mass is 10.1. The van der Waals surface area contributed by atoms with Gasteiger partial charge in [-0.3, -0.25) is 4.79 Å². The highest BCUT2D eigenvalue weighted by Crippen LogP contribution is 2.41. The van der Waals surface area contributed by atoms with Gasteiger partial charge in [-0.1, -0.05) is 0 Å². The Bertz CT molecular complexity index is 1000. The van der Waals surface area contributed by atoms with E-state index < -0.39 is 11.2 Å². The largest absolute Gasteiger partial charge is 0.507 e. The molecular weight excluding hydrogens is 328 g/mol. The maximum atomic E-state index is 12.5. The van der Waals surface area contributed by atoms with Crippen molar-refractivity contribution in [1.29, 1.82) is 0 Å². The fourth-order valence-electron chi connectivity index (χ4n) is 2.57. The molecule has 0 saturated carbocycles. The van der Waals surface area contributed by atoms with Crippen LogP contribution < -0.4 is 19.6 Å². The zero-order valence-electron chi connectivity index (χ0n) is 13.8. The Morgan fingerprint density at radius 1 is 0.960 bits per heavy atom. The first-order valence-corrected chi connectivity index (χ1v) is 7.30. The zero-order chi connectivity index (χ0) is 18.1. The predicted octanol–water partition coefficient (Wildman–Crippen LogP) is 2.90. The highest BCUT2D eigenvalue weighted by Gasteiger charge is 2.22. The van der Waals surface area contributed by atoms with E-state index in [9.17, 15) is 15.0 Å². The van der Waals surface area contributed by atoms with E-state index in [1.165, 1.54) is 39.5 Å². The van der Waals surface area contributed by atoms with Crippen LogP contribution >= 0.6 is 0 Å². The summed E-state index contributed by atoms with van der Waals surface area (Å²) in [5.74, 6) is 0.00613. The van der Waals surface area contributed by atoms with Gasteiger partial charge in [-0.05, 0) is 24.3 Å². The molecule has 0 unspecified atom stereocenters. The van der Waals surface area contributed by atoms with Crippen molar-refractivity contribution in [3.63, 3.8) is 0 Å². The number of benzene rings is 2. The van der Waals surface area contributed by atoms with Crippen LogP contribution in [-0.4, -0.2) is 31.5 Å². The minimum absolute atomic E-state index is 0.106. The van der Waals surface area contributed by atoms with Crippen molar-refractivity contribution in [2.24, 2.45) is 0 Å². The van der Waals surface area contributed by atoms with E-state index in [4.69, 9.17) is 18.6 Å². The Kier molecular flexibility index (Phi) is 4.14. The summed E-state index contributed by atoms with van der Waals surface area (Å²) in [5.41, 5.74) is -0.399. The summed E-state index contributed by atoms with van der Waals surface area (Å²) in [4.78, 5) is 12.5. The third-order valence-corrected chi connectivity index (χ3v) is 3.83. The van der Waals surface area contributed by atoms with Gasteiger partial charge in [0.2, 0.25) is 16.9 Å². The quantitative estimate of drug-likeness (QED) is 0.751. The van der Waals surface area contributed by atoms with Crippen LogP contribution in [-0.2, 0) is 0 Å². The molecule has 25 heavy (non-hydrogen) atoms. The van der Waals surface area contributed by atoms with Crippen LogP contribution in [0.1, 0.15) is 0 Å². The van der Waals surface area contributed by atoms with Crippen LogP contribution in [0.2, 0.25) is 0 Å². The molecule has 3 rings (SSSR count). The minimum atomic E-state index is -0.646. The van der Waals surface area contributed by atoms with Gasteiger partial charge < -0.3 is 28.8 Å². The minimum Gasteiger partial charge on any atom is -0.507 e. The molecule has 0 aliphatic heterocycles. The van der Waals surface area contributed by atoms with Gasteiger partial charge in [-0.15, -0.1) is 0 Å². The van der Waals surface area contributed by atoms with E-state index in [-0.39, 0.29) is 33.8 Å². The number of phenolic OH excluding ortho intramolecular Hbond substituents is 1. The number of methoxy groups -OCH3 is 3. The van der Waals surface area contributed by atoms with Crippen molar-refractivity contribution in [1.82, 2.24) is 0 Å². The van der Waals surface area contributed by atoms with Gasteiger partial charge >= 0.3 is 0 Å². The summed E-state index contributed by atoms with van der Waals surface area (Å²) in [6, 6.07) is 7.41. The Morgan fingerprint density at radius 3 is 2.32 bits per heavy atom. The molecule has 0 aliphatic carbocycles. The lowest BCUT2D eigenvalue weighted by molar-refractivity contribution is 0.352. The summed E-state index contributed by atoms with van der Waals surface area (Å²) in [7, 11) is 4.33. The number of phenols is 1. The standard InChI is InChI=1S/C18H16O7/c1-22-9-4-5-10(12(19)8-9)16-15(21)14(20)11-6-7-13(23-2)18(24-3)17(11)25-16/h4-8,19,21H,1-3H3. The summed E-state index contributed by atoms with van der Waals surface area (Å²) < 4.78 is 21.2. The number of hydrogen-bond acceptors (Lipinski definition) is 7. The Labute approximate surface area is 142 Å². The molecule has 0 amide bonds. The number of rotatable bonds is 4. The molecule has 130 valence electrons. The van der Waals surface area contributed by atoms with Crippen LogP contribution in [0.3, 0.4) is 0 Å². The van der Waals surface area contributed by atoms with Gasteiger partial charge in [-0.2, -0.15) is 0 Å². The first-order chi connectivity index (χ1) is 12.0. The van der Waals surface area contributed by atoms with Crippen molar-refractivity contribution in [3.8, 4) is 40.1 Å². The Balaban J connectivity index is 2.36. The molecule has 1 aromatic heterocycles. The lowest BCUT2D eigenvalue weighted by Gasteiger charge is -2.12.